The molecule has 0 spiro atoms. The lowest BCUT2D eigenvalue weighted by Gasteiger charge is -2.22. The Labute approximate surface area is 205 Å². The lowest BCUT2D eigenvalue weighted by atomic mass is 10.0. The molecule has 0 aliphatic heterocycles. The fourth-order valence-corrected chi connectivity index (χ4v) is 4.30. The van der Waals surface area contributed by atoms with Gasteiger partial charge < -0.3 is 15.1 Å². The van der Waals surface area contributed by atoms with Crippen molar-refractivity contribution in [1.82, 2.24) is 15.2 Å². The van der Waals surface area contributed by atoms with Crippen molar-refractivity contribution in [3.05, 3.63) is 59.3 Å². The Hall–Kier alpha value is -3.49. The third-order valence-electron chi connectivity index (χ3n) is 6.35. The summed E-state index contributed by atoms with van der Waals surface area (Å²) in [6, 6.07) is 10.1. The van der Waals surface area contributed by atoms with Crippen LogP contribution in [0.1, 0.15) is 30.8 Å². The van der Waals surface area contributed by atoms with Crippen LogP contribution in [0, 0.1) is 18.4 Å². The van der Waals surface area contributed by atoms with Gasteiger partial charge in [0.2, 0.25) is 21.8 Å². The molecule has 4 rings (SSSR count). The third-order valence-corrected chi connectivity index (χ3v) is 7.53. The van der Waals surface area contributed by atoms with E-state index in [1.807, 2.05) is 30.1 Å². The molecule has 2 N–H and O–H groups in total. The molecule has 3 atom stereocenters. The lowest BCUT2D eigenvalue weighted by molar-refractivity contribution is 0.457. The molecule has 1 aliphatic rings. The zero-order valence-electron chi connectivity index (χ0n) is 20.2. The van der Waals surface area contributed by atoms with Crippen LogP contribution < -0.4 is 14.9 Å². The molecular weight excluding hydrogens is 466 g/mol. The maximum absolute atomic E-state index is 12.2. The fraction of sp³-hybridized carbons (Fsp3) is 0.417. The molecule has 1 aromatic carbocycles. The first-order valence-electron chi connectivity index (χ1n) is 11.3. The van der Waals surface area contributed by atoms with Gasteiger partial charge in [0.1, 0.15) is 11.6 Å². The second kappa shape index (κ2) is 9.64. The van der Waals surface area contributed by atoms with Gasteiger partial charge >= 0.3 is 0 Å². The van der Waals surface area contributed by atoms with Gasteiger partial charge in [-0.2, -0.15) is 0 Å². The molecular formula is C24H29N7O3S. The van der Waals surface area contributed by atoms with Crippen LogP contribution in [0.5, 0.6) is 0 Å². The molecule has 2 aromatic heterocycles. The molecule has 0 radical (unpaired) electrons. The molecule has 10 nitrogen and oxygen atoms in total. The second-order valence-corrected chi connectivity index (χ2v) is 11.2. The number of sulfonamides is 1. The highest BCUT2D eigenvalue weighted by Gasteiger charge is 2.33. The van der Waals surface area contributed by atoms with Crippen molar-refractivity contribution in [3.8, 4) is 11.5 Å². The van der Waals surface area contributed by atoms with E-state index in [1.165, 1.54) is 13.5 Å². The van der Waals surface area contributed by atoms with Crippen molar-refractivity contribution in [2.75, 3.05) is 36.1 Å². The summed E-state index contributed by atoms with van der Waals surface area (Å²) in [5.41, 5.74) is 8.20. The topological polar surface area (TPSA) is 123 Å². The quantitative estimate of drug-likeness (QED) is 0.448. The number of nitrogens with two attached hydrogens (primary N) is 1. The maximum Gasteiger partial charge on any atom is 0.248 e. The summed E-state index contributed by atoms with van der Waals surface area (Å²) in [4.78, 5) is 10.1. The molecule has 0 amide bonds. The van der Waals surface area contributed by atoms with Crippen molar-refractivity contribution < 1.29 is 12.8 Å². The van der Waals surface area contributed by atoms with Crippen LogP contribution in [0.15, 0.2) is 40.8 Å². The van der Waals surface area contributed by atoms with E-state index in [-0.39, 0.29) is 17.6 Å². The van der Waals surface area contributed by atoms with Crippen LogP contribution in [0.25, 0.3) is 16.3 Å². The monoisotopic (exact) mass is 495 g/mol. The summed E-state index contributed by atoms with van der Waals surface area (Å²) in [7, 11) is -0.132. The van der Waals surface area contributed by atoms with E-state index in [2.05, 4.69) is 27.0 Å². The molecule has 3 unspecified atom stereocenters. The van der Waals surface area contributed by atoms with E-state index in [4.69, 9.17) is 16.7 Å². The first kappa shape index (κ1) is 24.6. The van der Waals surface area contributed by atoms with Crippen molar-refractivity contribution in [2.45, 2.75) is 25.8 Å². The van der Waals surface area contributed by atoms with E-state index in [0.29, 0.717) is 35.3 Å². The summed E-state index contributed by atoms with van der Waals surface area (Å²) in [6.45, 7) is 10.4. The average Bonchev–Trinajstić information content (AvgIpc) is 3.30. The largest absolute Gasteiger partial charge is 0.419 e. The summed E-state index contributed by atoms with van der Waals surface area (Å²) in [5.74, 6) is 2.58. The highest BCUT2D eigenvalue weighted by Crippen LogP contribution is 2.39. The smallest absolute Gasteiger partial charge is 0.248 e. The number of hydrogen-bond donors (Lipinski definition) is 1. The molecule has 2 heterocycles. The Morgan fingerprint density at radius 2 is 1.91 bits per heavy atom. The van der Waals surface area contributed by atoms with Gasteiger partial charge in [-0.05, 0) is 42.4 Å². The molecule has 1 fully saturated rings. The highest BCUT2D eigenvalue weighted by atomic mass is 32.2. The molecule has 184 valence electrons. The molecule has 1 saturated carbocycles. The number of para-hydroxylation sites is 1. The minimum atomic E-state index is -3.52. The van der Waals surface area contributed by atoms with Crippen LogP contribution in [-0.4, -0.2) is 50.5 Å². The predicted molar refractivity (Wildman–Crippen MR) is 135 cm³/mol. The first-order valence-corrected chi connectivity index (χ1v) is 13.1. The Morgan fingerprint density at radius 3 is 2.57 bits per heavy atom. The van der Waals surface area contributed by atoms with Crippen molar-refractivity contribution in [3.63, 3.8) is 0 Å². The molecule has 0 saturated heterocycles. The van der Waals surface area contributed by atoms with Gasteiger partial charge in [-0.25, -0.2) is 18.2 Å². The van der Waals surface area contributed by atoms with E-state index in [0.717, 1.165) is 22.7 Å². The van der Waals surface area contributed by atoms with Gasteiger partial charge in [0, 0.05) is 26.2 Å². The Morgan fingerprint density at radius 1 is 1.23 bits per heavy atom. The Kier molecular flexibility index (Phi) is 6.78. The van der Waals surface area contributed by atoms with Crippen LogP contribution in [0.2, 0.25) is 0 Å². The Balaban J connectivity index is 1.64. The zero-order chi connectivity index (χ0) is 25.3. The average molecular weight is 496 g/mol. The van der Waals surface area contributed by atoms with Gasteiger partial charge in [0.25, 0.3) is 0 Å². The zero-order valence-corrected chi connectivity index (χ0v) is 21.0. The highest BCUT2D eigenvalue weighted by molar-refractivity contribution is 7.92. The molecule has 0 bridgehead atoms. The third kappa shape index (κ3) is 5.61. The number of hydrogen-bond acceptors (Lipinski definition) is 8. The minimum absolute atomic E-state index is 0.217. The number of anilines is 2. The van der Waals surface area contributed by atoms with E-state index < -0.39 is 16.1 Å². The van der Waals surface area contributed by atoms with Gasteiger partial charge in [0.15, 0.2) is 5.69 Å². The number of nitrogens with zero attached hydrogens (tertiary/aromatic N) is 6. The van der Waals surface area contributed by atoms with Crippen LogP contribution in [-0.2, 0) is 16.4 Å². The predicted octanol–water partition coefficient (Wildman–Crippen LogP) is 3.41. The summed E-state index contributed by atoms with van der Waals surface area (Å²) in [6.07, 6.45) is 2.66. The number of pyridine rings is 1. The van der Waals surface area contributed by atoms with E-state index in [9.17, 15) is 8.42 Å². The summed E-state index contributed by atoms with van der Waals surface area (Å²) < 4.78 is 31.4. The maximum atomic E-state index is 12.2. The summed E-state index contributed by atoms with van der Waals surface area (Å²) in [5, 5.41) is 8.29. The van der Waals surface area contributed by atoms with Crippen molar-refractivity contribution >= 4 is 27.3 Å². The van der Waals surface area contributed by atoms with E-state index >= 15 is 0 Å². The number of aromatic nitrogens is 3. The Bertz CT molecular complexity index is 1370. The minimum Gasteiger partial charge on any atom is -0.419 e. The van der Waals surface area contributed by atoms with Crippen molar-refractivity contribution in [1.29, 1.82) is 0 Å². The normalized spacial score (nSPS) is 18.1. The fourth-order valence-electron chi connectivity index (χ4n) is 3.87. The SMILES string of the molecule is [C-]#[N+]c1ccccc1CC(N)c1nnc(-c2cc(N(C)CC3CC3C)nc(N(C)S(C)(=O)=O)c2)o1. The molecule has 1 aliphatic carbocycles. The van der Waals surface area contributed by atoms with Crippen LogP contribution in [0.3, 0.4) is 0 Å². The van der Waals surface area contributed by atoms with Crippen LogP contribution >= 0.6 is 0 Å². The van der Waals surface area contributed by atoms with Gasteiger partial charge in [-0.3, -0.25) is 4.31 Å². The summed E-state index contributed by atoms with van der Waals surface area (Å²) >= 11 is 0. The number of rotatable bonds is 9. The van der Waals surface area contributed by atoms with Gasteiger partial charge in [-0.15, -0.1) is 10.2 Å². The first-order chi connectivity index (χ1) is 16.6. The molecule has 3 aromatic rings. The molecule has 35 heavy (non-hydrogen) atoms. The van der Waals surface area contributed by atoms with Crippen LogP contribution in [0.4, 0.5) is 17.3 Å². The molecule has 11 heteroatoms. The van der Waals surface area contributed by atoms with Crippen molar-refractivity contribution in [2.24, 2.45) is 17.6 Å². The number of benzene rings is 1. The van der Waals surface area contributed by atoms with Gasteiger partial charge in [0.05, 0.1) is 18.9 Å². The van der Waals surface area contributed by atoms with E-state index in [1.54, 1.807) is 18.2 Å². The second-order valence-electron chi connectivity index (χ2n) is 9.15. The lowest BCUT2D eigenvalue weighted by Crippen LogP contribution is -2.27. The standard InChI is InChI=1S/C24H29N7O3S/c1-15-10-18(15)14-30(3)21-12-17(13-22(27-21)31(4)35(5,32)33)23-28-29-24(34-23)19(25)11-16-8-6-7-9-20(16)26-2/h6-9,12-13,15,18-19H,10-11,14,25H2,1,3-5H3. The van der Waals surface area contributed by atoms with Gasteiger partial charge in [-0.1, -0.05) is 31.2 Å².